The van der Waals surface area contributed by atoms with Crippen LogP contribution in [0.2, 0.25) is 0 Å². The zero-order valence-corrected chi connectivity index (χ0v) is 45.7. The number of carbonyl (C=O) groups is 3. The third-order valence-corrected chi connectivity index (χ3v) is 14.2. The number of phosphoric acid groups is 4. The van der Waals surface area contributed by atoms with Crippen molar-refractivity contribution < 1.29 is 114 Å². The highest BCUT2D eigenvalue weighted by atomic mass is 31.2. The van der Waals surface area contributed by atoms with Crippen LogP contribution in [0, 0.1) is 0 Å². The summed E-state index contributed by atoms with van der Waals surface area (Å²) >= 11 is 0. The molecule has 1 aliphatic rings. The summed E-state index contributed by atoms with van der Waals surface area (Å²) in [6, 6.07) is 9.37. The fourth-order valence-corrected chi connectivity index (χ4v) is 10.6. The quantitative estimate of drug-likeness (QED) is 0.0132. The lowest BCUT2D eigenvalue weighted by Gasteiger charge is -2.45. The van der Waals surface area contributed by atoms with Crippen LogP contribution >= 0.6 is 31.3 Å². The highest BCUT2D eigenvalue weighted by Crippen LogP contribution is 2.53. The molecule has 1 aromatic carbocycles. The molecule has 1 saturated carbocycles. The Morgan fingerprint density at radius 2 is 0.932 bits per heavy atom. The van der Waals surface area contributed by atoms with E-state index in [9.17, 15) is 77.1 Å². The molecule has 0 radical (unpaired) electrons. The van der Waals surface area contributed by atoms with Gasteiger partial charge in [0.25, 0.3) is 0 Å². The van der Waals surface area contributed by atoms with Crippen molar-refractivity contribution in [3.05, 3.63) is 35.9 Å². The van der Waals surface area contributed by atoms with Crippen LogP contribution in [-0.2, 0) is 71.3 Å². The van der Waals surface area contributed by atoms with Crippen LogP contribution in [0.1, 0.15) is 167 Å². The van der Waals surface area contributed by atoms with Crippen molar-refractivity contribution in [2.75, 3.05) is 19.8 Å². The Bertz CT molecular complexity index is 1880. The van der Waals surface area contributed by atoms with E-state index in [4.69, 9.17) is 23.3 Å². The van der Waals surface area contributed by atoms with Gasteiger partial charge in [-0.15, -0.1) is 0 Å². The molecule has 4 unspecified atom stereocenters. The SMILES string of the molecule is CCCCCCCCCCCCCCCC(=O)OC(COC(=O)CCCCCCCCCCCNC(=O)OCc1ccccc1)COP(=O)(O)OC1[C@H](O)[C@H](OP(=O)(O)O)C(OP(=O)(O)O)[C@H](OP(=O)(O)O)[C@H]1O. The average molecular weight is 1140 g/mol. The van der Waals surface area contributed by atoms with E-state index in [0.717, 1.165) is 76.2 Å². The number of unbranched alkanes of at least 4 members (excludes halogenated alkanes) is 20. The van der Waals surface area contributed by atoms with Gasteiger partial charge in [0.2, 0.25) is 0 Å². The van der Waals surface area contributed by atoms with Crippen molar-refractivity contribution in [2.24, 2.45) is 0 Å². The molecule has 1 amide bonds. The van der Waals surface area contributed by atoms with Gasteiger partial charge in [-0.1, -0.05) is 159 Å². The topological polar surface area (TPSA) is 387 Å². The van der Waals surface area contributed by atoms with Crippen molar-refractivity contribution >= 4 is 49.3 Å². The van der Waals surface area contributed by atoms with Crippen LogP contribution in [-0.4, -0.2) is 125 Å². The smallest absolute Gasteiger partial charge is 0.462 e. The van der Waals surface area contributed by atoms with Gasteiger partial charge in [0.15, 0.2) is 6.10 Å². The van der Waals surface area contributed by atoms with Crippen LogP contribution in [0.25, 0.3) is 0 Å². The second kappa shape index (κ2) is 36.8. The predicted octanol–water partition coefficient (Wildman–Crippen LogP) is 7.42. The summed E-state index contributed by atoms with van der Waals surface area (Å²) in [7, 11) is -23.1. The molecule has 74 heavy (non-hydrogen) atoms. The zero-order valence-electron chi connectivity index (χ0n) is 42.2. The summed E-state index contributed by atoms with van der Waals surface area (Å²) in [5.41, 5.74) is 0.904. The largest absolute Gasteiger partial charge is 0.472 e. The molecule has 0 bridgehead atoms. The summed E-state index contributed by atoms with van der Waals surface area (Å²) < 4.78 is 87.4. The number of esters is 2. The van der Waals surface area contributed by atoms with Gasteiger partial charge in [0, 0.05) is 19.4 Å². The molecule has 1 aliphatic carbocycles. The van der Waals surface area contributed by atoms with Gasteiger partial charge >= 0.3 is 49.3 Å². The van der Waals surface area contributed by atoms with E-state index >= 15 is 0 Å². The molecule has 0 spiro atoms. The number of rotatable bonds is 42. The van der Waals surface area contributed by atoms with E-state index in [2.05, 4.69) is 25.8 Å². The average Bonchev–Trinajstić information content (AvgIpc) is 3.31. The molecule has 0 heterocycles. The lowest BCUT2D eigenvalue weighted by atomic mass is 9.85. The molecular formula is C45H81NO24P4. The van der Waals surface area contributed by atoms with Crippen LogP contribution < -0.4 is 5.32 Å². The Balaban J connectivity index is 1.93. The van der Waals surface area contributed by atoms with Gasteiger partial charge in [-0.25, -0.2) is 23.1 Å². The molecule has 10 N–H and O–H groups in total. The van der Waals surface area contributed by atoms with Crippen molar-refractivity contribution in [1.29, 1.82) is 0 Å². The lowest BCUT2D eigenvalue weighted by molar-refractivity contribution is -0.209. The molecule has 0 aromatic heterocycles. The number of carbonyl (C=O) groups excluding carboxylic acids is 3. The first-order valence-electron chi connectivity index (χ1n) is 25.4. The van der Waals surface area contributed by atoms with Gasteiger partial charge in [0.1, 0.15) is 49.8 Å². The summed E-state index contributed by atoms with van der Waals surface area (Å²) in [6.07, 6.45) is 2.88. The van der Waals surface area contributed by atoms with E-state index < -0.39 is 105 Å². The summed E-state index contributed by atoms with van der Waals surface area (Å²) in [5.74, 6) is -1.46. The van der Waals surface area contributed by atoms with Crippen LogP contribution in [0.4, 0.5) is 4.79 Å². The molecule has 8 atom stereocenters. The number of amides is 1. The normalized spacial score (nSPS) is 20.6. The Hall–Kier alpha value is -2.21. The van der Waals surface area contributed by atoms with Gasteiger partial charge in [-0.2, -0.15) is 0 Å². The van der Waals surface area contributed by atoms with Gasteiger partial charge in [0.05, 0.1) is 6.61 Å². The molecule has 0 aliphatic heterocycles. The number of aliphatic hydroxyl groups excluding tert-OH is 2. The molecule has 430 valence electrons. The van der Waals surface area contributed by atoms with E-state index in [1.54, 1.807) is 0 Å². The molecule has 2 rings (SSSR count). The number of aliphatic hydroxyl groups is 2. The minimum atomic E-state index is -5.80. The predicted molar refractivity (Wildman–Crippen MR) is 265 cm³/mol. The third-order valence-electron chi connectivity index (χ3n) is 11.7. The summed E-state index contributed by atoms with van der Waals surface area (Å²) in [5, 5.41) is 24.6. The fourth-order valence-electron chi connectivity index (χ4n) is 7.98. The Kier molecular flexibility index (Phi) is 33.8. The van der Waals surface area contributed by atoms with Gasteiger partial charge in [-0.05, 0) is 24.8 Å². The summed E-state index contributed by atoms with van der Waals surface area (Å²) in [6.45, 7) is 1.21. The van der Waals surface area contributed by atoms with Crippen molar-refractivity contribution in [3.63, 3.8) is 0 Å². The second-order valence-corrected chi connectivity index (χ2v) is 23.2. The molecule has 1 aromatic rings. The Labute approximate surface area is 433 Å². The maximum atomic E-state index is 13.3. The van der Waals surface area contributed by atoms with Gasteiger partial charge < -0.3 is 64.0 Å². The third kappa shape index (κ3) is 33.2. The number of nitrogens with one attached hydrogen (secondary N) is 1. The highest BCUT2D eigenvalue weighted by molar-refractivity contribution is 7.47. The monoisotopic (exact) mass is 1140 g/mol. The molecule has 1 fully saturated rings. The van der Waals surface area contributed by atoms with Gasteiger partial charge in [-0.3, -0.25) is 32.2 Å². The molecular weight excluding hydrogens is 1060 g/mol. The molecule has 29 heteroatoms. The fraction of sp³-hybridized carbons (Fsp3) is 0.800. The first-order valence-corrected chi connectivity index (χ1v) is 31.5. The number of ether oxygens (including phenoxy) is 3. The number of hydrogen-bond acceptors (Lipinski definition) is 17. The Morgan fingerprint density at radius 3 is 1.39 bits per heavy atom. The van der Waals surface area contributed by atoms with Crippen LogP contribution in [0.15, 0.2) is 30.3 Å². The van der Waals surface area contributed by atoms with E-state index in [1.807, 2.05) is 30.3 Å². The number of alkyl carbamates (subject to hydrolysis) is 1. The minimum absolute atomic E-state index is 0.0112. The maximum absolute atomic E-state index is 13.3. The highest BCUT2D eigenvalue weighted by Gasteiger charge is 2.59. The van der Waals surface area contributed by atoms with Crippen molar-refractivity contribution in [1.82, 2.24) is 5.32 Å². The second-order valence-electron chi connectivity index (χ2n) is 18.2. The first kappa shape index (κ1) is 67.9. The standard InChI is InChI=1S/C45H81NO24P4/c1-2-3-4-5-6-7-8-9-10-12-16-19-25-30-38(48)66-36(33-63-37(47)29-24-18-15-13-11-14-17-20-26-31-46-45(51)64-32-35-27-22-21-23-28-35)34-65-74(61,62)70-41-39(49)42(67-71(52,53)54)44(69-73(58,59)60)43(40(41)50)68-72(55,56)57/h21-23,27-28,36,39-44,49-50H,2-20,24-26,29-34H2,1H3,(H,46,51)(H,61,62)(H2,52,53,54)(H2,55,56,57)(H2,58,59,60)/t36?,39-,40-,41?,42-,43+,44?/m0/s1. The van der Waals surface area contributed by atoms with Crippen molar-refractivity contribution in [2.45, 2.75) is 210 Å². The minimum Gasteiger partial charge on any atom is -0.462 e. The van der Waals surface area contributed by atoms with Crippen LogP contribution in [0.3, 0.4) is 0 Å². The van der Waals surface area contributed by atoms with E-state index in [-0.39, 0.29) is 19.4 Å². The van der Waals surface area contributed by atoms with E-state index in [1.165, 1.54) is 44.9 Å². The van der Waals surface area contributed by atoms with Crippen LogP contribution in [0.5, 0.6) is 0 Å². The zero-order chi connectivity index (χ0) is 55.0. The molecule has 25 nitrogen and oxygen atoms in total. The Morgan fingerprint density at radius 1 is 0.514 bits per heavy atom. The van der Waals surface area contributed by atoms with E-state index in [0.29, 0.717) is 32.2 Å². The number of hydrogen-bond donors (Lipinski definition) is 10. The number of benzene rings is 1. The summed E-state index contributed by atoms with van der Waals surface area (Å²) in [4.78, 5) is 105. The molecule has 0 saturated heterocycles. The first-order chi connectivity index (χ1) is 34.9. The number of phosphoric ester groups is 4. The lowest BCUT2D eigenvalue weighted by Crippen LogP contribution is -2.65. The van der Waals surface area contributed by atoms with Crippen molar-refractivity contribution in [3.8, 4) is 0 Å². The maximum Gasteiger partial charge on any atom is 0.472 e.